The molecule has 0 aromatic heterocycles. The Hall–Kier alpha value is -3.55. The van der Waals surface area contributed by atoms with E-state index in [9.17, 15) is 32.7 Å². The van der Waals surface area contributed by atoms with Gasteiger partial charge in [0.1, 0.15) is 17.9 Å². The lowest BCUT2D eigenvalue weighted by molar-refractivity contribution is -0.142. The molecule has 4 N–H and O–H groups in total. The van der Waals surface area contributed by atoms with Crippen molar-refractivity contribution in [2.45, 2.75) is 49.6 Å². The number of carboxylic acid groups (broad SMARTS) is 1. The van der Waals surface area contributed by atoms with Crippen molar-refractivity contribution in [3.8, 4) is 0 Å². The maximum atomic E-state index is 13.0. The maximum absolute atomic E-state index is 13.0. The molecule has 2 aromatic carbocycles. The number of nitrogens with two attached hydrogens (primary N) is 1. The zero-order valence-electron chi connectivity index (χ0n) is 21.3. The van der Waals surface area contributed by atoms with E-state index in [1.807, 2.05) is 0 Å². The number of thioether (sulfide) groups is 1. The van der Waals surface area contributed by atoms with Gasteiger partial charge in [0.05, 0.1) is 16.6 Å². The summed E-state index contributed by atoms with van der Waals surface area (Å²) in [6.45, 7) is 1.49. The number of Topliss-reactive ketones (excluding diaryl/α,β-unsaturated/α-hetero) is 1. The smallest absolute Gasteiger partial charge is 0.326 e. The molecule has 11 nitrogen and oxygen atoms in total. The SMILES string of the molecule is CC(N)=NC(=O)CCC(=O)Cc1ccc(C[C@H](NC(=O)[C@@H]2CSCN2S(=O)(=O)c2ccccc2)C(=O)O)cc1. The second-order valence-electron chi connectivity index (χ2n) is 9.00. The van der Waals surface area contributed by atoms with Crippen molar-refractivity contribution in [1.82, 2.24) is 9.62 Å². The highest BCUT2D eigenvalue weighted by atomic mass is 32.2. The lowest BCUT2D eigenvalue weighted by Crippen LogP contribution is -2.52. The van der Waals surface area contributed by atoms with Gasteiger partial charge in [-0.15, -0.1) is 11.8 Å². The third-order valence-corrected chi connectivity index (χ3v) is 8.94. The topological polar surface area (TPSA) is 176 Å². The van der Waals surface area contributed by atoms with Crippen LogP contribution in [0.25, 0.3) is 0 Å². The van der Waals surface area contributed by atoms with Crippen LogP contribution in [-0.4, -0.2) is 70.9 Å². The number of benzene rings is 2. The first-order valence-corrected chi connectivity index (χ1v) is 14.7. The van der Waals surface area contributed by atoms with E-state index in [4.69, 9.17) is 5.73 Å². The highest BCUT2D eigenvalue weighted by Crippen LogP contribution is 2.28. The standard InChI is InChI=1S/C26H30N4O7S2/c1-17(27)28-24(32)12-11-20(31)13-18-7-9-19(10-8-18)14-22(26(34)35)29-25(33)23-15-38-16-30(23)39(36,37)21-5-3-2-4-6-21/h2-10,22-23H,11-16H2,1H3,(H,29,33)(H,34,35)(H2,27,28,32)/t22-,23-/m0/s1. The number of nitrogens with zero attached hydrogens (tertiary/aromatic N) is 2. The van der Waals surface area contributed by atoms with Crippen molar-refractivity contribution < 1.29 is 32.7 Å². The van der Waals surface area contributed by atoms with Crippen molar-refractivity contribution in [2.24, 2.45) is 10.7 Å². The molecular formula is C26H30N4O7S2. The Morgan fingerprint density at radius 1 is 1.08 bits per heavy atom. The Labute approximate surface area is 230 Å². The second-order valence-corrected chi connectivity index (χ2v) is 11.9. The Balaban J connectivity index is 1.60. The number of carboxylic acids is 1. The van der Waals surface area contributed by atoms with Crippen molar-refractivity contribution in [1.29, 1.82) is 0 Å². The number of sulfonamides is 1. The first kappa shape index (κ1) is 30.0. The van der Waals surface area contributed by atoms with Crippen molar-refractivity contribution in [3.63, 3.8) is 0 Å². The van der Waals surface area contributed by atoms with Gasteiger partial charge in [-0.25, -0.2) is 18.2 Å². The second kappa shape index (κ2) is 13.5. The van der Waals surface area contributed by atoms with Crippen LogP contribution in [0.4, 0.5) is 0 Å². The van der Waals surface area contributed by atoms with Crippen LogP contribution in [0.2, 0.25) is 0 Å². The highest BCUT2D eigenvalue weighted by molar-refractivity contribution is 8.00. The number of carbonyl (C=O) groups excluding carboxylic acids is 3. The summed E-state index contributed by atoms with van der Waals surface area (Å²) in [7, 11) is -3.93. The first-order valence-electron chi connectivity index (χ1n) is 12.1. The Morgan fingerprint density at radius 3 is 2.33 bits per heavy atom. The van der Waals surface area contributed by atoms with Crippen LogP contribution >= 0.6 is 11.8 Å². The fourth-order valence-electron chi connectivity index (χ4n) is 3.91. The molecule has 1 aliphatic heterocycles. The van der Waals surface area contributed by atoms with Crippen molar-refractivity contribution in [3.05, 3.63) is 65.7 Å². The molecule has 1 saturated heterocycles. The minimum absolute atomic E-state index is 0.0287. The first-order chi connectivity index (χ1) is 18.5. The summed E-state index contributed by atoms with van der Waals surface area (Å²) in [4.78, 5) is 52.3. The number of carbonyl (C=O) groups is 4. The molecule has 13 heteroatoms. The number of amides is 2. The van der Waals surface area contributed by atoms with E-state index in [0.29, 0.717) is 11.1 Å². The van der Waals surface area contributed by atoms with E-state index in [-0.39, 0.29) is 53.8 Å². The van der Waals surface area contributed by atoms with Crippen LogP contribution < -0.4 is 11.1 Å². The number of nitrogens with one attached hydrogen (secondary N) is 1. The molecule has 0 aliphatic carbocycles. The molecule has 1 fully saturated rings. The van der Waals surface area contributed by atoms with Gasteiger partial charge in [0.2, 0.25) is 21.8 Å². The quantitative estimate of drug-likeness (QED) is 0.249. The third kappa shape index (κ3) is 8.47. The number of rotatable bonds is 12. The molecule has 2 amide bonds. The molecule has 208 valence electrons. The fraction of sp³-hybridized carbons (Fsp3) is 0.346. The lowest BCUT2D eigenvalue weighted by atomic mass is 10.0. The average molecular weight is 575 g/mol. The Morgan fingerprint density at radius 2 is 1.72 bits per heavy atom. The van der Waals surface area contributed by atoms with Crippen LogP contribution in [0.15, 0.2) is 64.5 Å². The predicted octanol–water partition coefficient (Wildman–Crippen LogP) is 1.36. The third-order valence-electron chi connectivity index (χ3n) is 5.89. The molecule has 0 radical (unpaired) electrons. The van der Waals surface area contributed by atoms with Crippen LogP contribution in [-0.2, 0) is 42.0 Å². The summed E-state index contributed by atoms with van der Waals surface area (Å²) in [6, 6.07) is 12.1. The highest BCUT2D eigenvalue weighted by Gasteiger charge is 2.41. The number of hydrogen-bond acceptors (Lipinski definition) is 7. The molecule has 2 aromatic rings. The Bertz CT molecular complexity index is 1340. The summed E-state index contributed by atoms with van der Waals surface area (Å²) < 4.78 is 27.2. The molecule has 0 unspecified atom stereocenters. The lowest BCUT2D eigenvalue weighted by Gasteiger charge is -2.24. The molecule has 39 heavy (non-hydrogen) atoms. The van der Waals surface area contributed by atoms with Gasteiger partial charge in [-0.3, -0.25) is 14.4 Å². The van der Waals surface area contributed by atoms with Gasteiger partial charge in [0.15, 0.2) is 0 Å². The van der Waals surface area contributed by atoms with E-state index < -0.39 is 39.9 Å². The van der Waals surface area contributed by atoms with Crippen LogP contribution in [0.3, 0.4) is 0 Å². The molecule has 1 aliphatic rings. The number of aliphatic carboxylic acids is 1. The average Bonchev–Trinajstić information content (AvgIpc) is 3.39. The van der Waals surface area contributed by atoms with Gasteiger partial charge >= 0.3 is 5.97 Å². The van der Waals surface area contributed by atoms with Gasteiger partial charge in [-0.2, -0.15) is 4.31 Å². The number of amidine groups is 1. The van der Waals surface area contributed by atoms with E-state index >= 15 is 0 Å². The largest absolute Gasteiger partial charge is 0.480 e. The van der Waals surface area contributed by atoms with Crippen LogP contribution in [0.1, 0.15) is 30.9 Å². The molecule has 3 rings (SSSR count). The summed E-state index contributed by atoms with van der Waals surface area (Å²) in [5.74, 6) is -2.13. The van der Waals surface area contributed by atoms with E-state index in [1.54, 1.807) is 42.5 Å². The van der Waals surface area contributed by atoms with Gasteiger partial charge in [0, 0.05) is 31.4 Å². The summed E-state index contributed by atoms with van der Waals surface area (Å²) in [5, 5.41) is 12.2. The maximum Gasteiger partial charge on any atom is 0.326 e. The number of aliphatic imine (C=N–C) groups is 1. The minimum atomic E-state index is -3.93. The summed E-state index contributed by atoms with van der Waals surface area (Å²) in [5.41, 5.74) is 6.65. The van der Waals surface area contributed by atoms with E-state index in [2.05, 4.69) is 10.3 Å². The monoisotopic (exact) mass is 574 g/mol. The zero-order chi connectivity index (χ0) is 28.6. The predicted molar refractivity (Wildman–Crippen MR) is 147 cm³/mol. The summed E-state index contributed by atoms with van der Waals surface area (Å²) in [6.07, 6.45) is 0.0601. The fourth-order valence-corrected chi connectivity index (χ4v) is 7.08. The van der Waals surface area contributed by atoms with Gasteiger partial charge in [0.25, 0.3) is 0 Å². The number of ketones is 1. The molecule has 0 bridgehead atoms. The van der Waals surface area contributed by atoms with E-state index in [0.717, 1.165) is 4.31 Å². The van der Waals surface area contributed by atoms with Gasteiger partial charge < -0.3 is 16.2 Å². The van der Waals surface area contributed by atoms with Crippen LogP contribution in [0.5, 0.6) is 0 Å². The summed E-state index contributed by atoms with van der Waals surface area (Å²) >= 11 is 1.27. The molecule has 0 spiro atoms. The Kier molecular flexibility index (Phi) is 10.4. The van der Waals surface area contributed by atoms with Gasteiger partial charge in [-0.05, 0) is 30.2 Å². The van der Waals surface area contributed by atoms with Crippen molar-refractivity contribution >= 4 is 51.2 Å². The molecule has 1 heterocycles. The minimum Gasteiger partial charge on any atom is -0.480 e. The zero-order valence-corrected chi connectivity index (χ0v) is 22.9. The normalized spacial score (nSPS) is 16.9. The molecular weight excluding hydrogens is 544 g/mol. The molecule has 0 saturated carbocycles. The van der Waals surface area contributed by atoms with E-state index in [1.165, 1.54) is 30.8 Å². The van der Waals surface area contributed by atoms with Gasteiger partial charge in [-0.1, -0.05) is 42.5 Å². The molecule has 2 atom stereocenters. The number of hydrogen-bond donors (Lipinski definition) is 3. The van der Waals surface area contributed by atoms with Crippen LogP contribution in [0, 0.1) is 0 Å². The van der Waals surface area contributed by atoms with Crippen molar-refractivity contribution in [2.75, 3.05) is 11.6 Å².